The molecule has 2 N–H and O–H groups in total. The number of ether oxygens (including phenoxy) is 1. The van der Waals surface area contributed by atoms with Crippen LogP contribution in [0.15, 0.2) is 0 Å². The Morgan fingerprint density at radius 1 is 1.18 bits per heavy atom. The molecule has 2 aliphatic rings. The smallest absolute Gasteiger partial charge is 0.320 e. The molecular formula is C12H23N3O2. The number of carbonyl (C=O) groups is 1. The van der Waals surface area contributed by atoms with Gasteiger partial charge in [-0.1, -0.05) is 12.8 Å². The fourth-order valence-corrected chi connectivity index (χ4v) is 2.55. The van der Waals surface area contributed by atoms with Gasteiger partial charge in [-0.3, -0.25) is 0 Å². The third-order valence-corrected chi connectivity index (χ3v) is 3.62. The second kappa shape index (κ2) is 6.21. The molecule has 98 valence electrons. The van der Waals surface area contributed by atoms with Crippen molar-refractivity contribution < 1.29 is 9.53 Å². The largest absolute Gasteiger partial charge is 0.377 e. The van der Waals surface area contributed by atoms with Gasteiger partial charge in [-0.25, -0.2) is 4.79 Å². The van der Waals surface area contributed by atoms with E-state index in [2.05, 4.69) is 0 Å². The van der Waals surface area contributed by atoms with Gasteiger partial charge in [-0.15, -0.1) is 0 Å². The highest BCUT2D eigenvalue weighted by atomic mass is 16.5. The molecule has 1 atom stereocenters. The zero-order valence-corrected chi connectivity index (χ0v) is 10.4. The molecule has 1 unspecified atom stereocenters. The van der Waals surface area contributed by atoms with Gasteiger partial charge in [0.05, 0.1) is 19.3 Å². The molecule has 2 rings (SSSR count). The van der Waals surface area contributed by atoms with Gasteiger partial charge in [0, 0.05) is 26.2 Å². The summed E-state index contributed by atoms with van der Waals surface area (Å²) in [5.41, 5.74) is 5.70. The van der Waals surface area contributed by atoms with Gasteiger partial charge in [-0.05, 0) is 12.8 Å². The average Bonchev–Trinajstić information content (AvgIpc) is 2.66. The number of hydrogen-bond acceptors (Lipinski definition) is 3. The van der Waals surface area contributed by atoms with E-state index in [1.54, 1.807) is 0 Å². The van der Waals surface area contributed by atoms with Crippen LogP contribution in [0.25, 0.3) is 0 Å². The Labute approximate surface area is 103 Å². The molecular weight excluding hydrogens is 218 g/mol. The topological polar surface area (TPSA) is 58.8 Å². The van der Waals surface area contributed by atoms with Crippen LogP contribution in [0, 0.1) is 0 Å². The quantitative estimate of drug-likeness (QED) is 0.733. The summed E-state index contributed by atoms with van der Waals surface area (Å²) in [5, 5.41) is 0. The van der Waals surface area contributed by atoms with Crippen LogP contribution in [0.2, 0.25) is 0 Å². The summed E-state index contributed by atoms with van der Waals surface area (Å²) in [6.45, 7) is 4.17. The summed E-state index contributed by atoms with van der Waals surface area (Å²) in [4.78, 5) is 16.3. The van der Waals surface area contributed by atoms with Crippen LogP contribution in [-0.4, -0.2) is 61.3 Å². The Kier molecular flexibility index (Phi) is 4.62. The number of carbonyl (C=O) groups excluding carboxylic acids is 1. The zero-order chi connectivity index (χ0) is 12.1. The lowest BCUT2D eigenvalue weighted by atomic mass is 10.2. The molecule has 17 heavy (non-hydrogen) atoms. The maximum Gasteiger partial charge on any atom is 0.320 e. The van der Waals surface area contributed by atoms with E-state index >= 15 is 0 Å². The van der Waals surface area contributed by atoms with E-state index in [1.165, 1.54) is 12.8 Å². The second-order valence-corrected chi connectivity index (χ2v) is 4.84. The molecule has 0 bridgehead atoms. The maximum atomic E-state index is 12.4. The first-order valence-electron chi connectivity index (χ1n) is 6.66. The molecule has 5 nitrogen and oxygen atoms in total. The average molecular weight is 241 g/mol. The fraction of sp³-hybridized carbons (Fsp3) is 0.917. The third-order valence-electron chi connectivity index (χ3n) is 3.62. The van der Waals surface area contributed by atoms with Crippen molar-refractivity contribution in [2.75, 3.05) is 39.4 Å². The first kappa shape index (κ1) is 12.6. The van der Waals surface area contributed by atoms with Crippen molar-refractivity contribution in [1.82, 2.24) is 9.80 Å². The van der Waals surface area contributed by atoms with Gasteiger partial charge in [0.1, 0.15) is 0 Å². The van der Waals surface area contributed by atoms with Crippen molar-refractivity contribution in [3.63, 3.8) is 0 Å². The number of urea groups is 1. The zero-order valence-electron chi connectivity index (χ0n) is 10.4. The van der Waals surface area contributed by atoms with Crippen molar-refractivity contribution in [1.29, 1.82) is 0 Å². The molecule has 2 saturated heterocycles. The lowest BCUT2D eigenvalue weighted by Gasteiger charge is -2.38. The Bertz CT molecular complexity index is 252. The SMILES string of the molecule is NCC1COCCN1C(=O)N1CCCCCC1. The van der Waals surface area contributed by atoms with Crippen LogP contribution in [0.5, 0.6) is 0 Å². The number of nitrogens with zero attached hydrogens (tertiary/aromatic N) is 2. The van der Waals surface area contributed by atoms with Crippen LogP contribution < -0.4 is 5.73 Å². The normalized spacial score (nSPS) is 26.8. The Balaban J connectivity index is 1.96. The Hall–Kier alpha value is -0.810. The summed E-state index contributed by atoms with van der Waals surface area (Å²) < 4.78 is 5.37. The van der Waals surface area contributed by atoms with Gasteiger partial charge in [-0.2, -0.15) is 0 Å². The van der Waals surface area contributed by atoms with Crippen molar-refractivity contribution in [2.45, 2.75) is 31.7 Å². The summed E-state index contributed by atoms with van der Waals surface area (Å²) >= 11 is 0. The van der Waals surface area contributed by atoms with Crippen LogP contribution in [0.1, 0.15) is 25.7 Å². The summed E-state index contributed by atoms with van der Waals surface area (Å²) in [7, 11) is 0. The number of morpholine rings is 1. The number of amides is 2. The van der Waals surface area contributed by atoms with Crippen molar-refractivity contribution in [3.05, 3.63) is 0 Å². The second-order valence-electron chi connectivity index (χ2n) is 4.84. The molecule has 2 amide bonds. The van der Waals surface area contributed by atoms with E-state index in [1.807, 2.05) is 9.80 Å². The van der Waals surface area contributed by atoms with E-state index in [9.17, 15) is 4.79 Å². The molecule has 0 aromatic heterocycles. The van der Waals surface area contributed by atoms with Gasteiger partial charge in [0.15, 0.2) is 0 Å². The van der Waals surface area contributed by atoms with Crippen LogP contribution in [0.3, 0.4) is 0 Å². The van der Waals surface area contributed by atoms with E-state index in [0.29, 0.717) is 26.3 Å². The summed E-state index contributed by atoms with van der Waals surface area (Å²) in [6.07, 6.45) is 4.74. The maximum absolute atomic E-state index is 12.4. The third kappa shape index (κ3) is 3.10. The summed E-state index contributed by atoms with van der Waals surface area (Å²) in [6, 6.07) is 0.213. The van der Waals surface area contributed by atoms with Crippen molar-refractivity contribution in [2.24, 2.45) is 5.73 Å². The molecule has 0 aromatic carbocycles. The lowest BCUT2D eigenvalue weighted by Crippen LogP contribution is -2.56. The molecule has 0 radical (unpaired) electrons. The monoisotopic (exact) mass is 241 g/mol. The van der Waals surface area contributed by atoms with Crippen LogP contribution in [-0.2, 0) is 4.74 Å². The van der Waals surface area contributed by atoms with E-state index in [4.69, 9.17) is 10.5 Å². The molecule has 2 aliphatic heterocycles. The van der Waals surface area contributed by atoms with E-state index in [-0.39, 0.29) is 12.1 Å². The predicted octanol–water partition coefficient (Wildman–Crippen LogP) is 0.642. The molecule has 5 heteroatoms. The highest BCUT2D eigenvalue weighted by Gasteiger charge is 2.29. The van der Waals surface area contributed by atoms with Gasteiger partial charge >= 0.3 is 6.03 Å². The molecule has 2 heterocycles. The fourth-order valence-electron chi connectivity index (χ4n) is 2.55. The van der Waals surface area contributed by atoms with E-state index < -0.39 is 0 Å². The minimum absolute atomic E-state index is 0.0551. The standard InChI is InChI=1S/C12H23N3O2/c13-9-11-10-17-8-7-15(11)12(16)14-5-3-1-2-4-6-14/h11H,1-10,13H2. The minimum atomic E-state index is 0.0551. The highest BCUT2D eigenvalue weighted by molar-refractivity contribution is 5.75. The molecule has 2 fully saturated rings. The van der Waals surface area contributed by atoms with Crippen molar-refractivity contribution >= 4 is 6.03 Å². The van der Waals surface area contributed by atoms with Gasteiger partial charge in [0.25, 0.3) is 0 Å². The van der Waals surface area contributed by atoms with Crippen LogP contribution >= 0.6 is 0 Å². The Morgan fingerprint density at radius 2 is 1.88 bits per heavy atom. The summed E-state index contributed by atoms with van der Waals surface area (Å²) in [5.74, 6) is 0. The molecule has 0 spiro atoms. The molecule has 0 aliphatic carbocycles. The van der Waals surface area contributed by atoms with Gasteiger partial charge in [0.2, 0.25) is 0 Å². The number of likely N-dealkylation sites (tertiary alicyclic amines) is 1. The first-order valence-corrected chi connectivity index (χ1v) is 6.66. The Morgan fingerprint density at radius 3 is 2.53 bits per heavy atom. The van der Waals surface area contributed by atoms with Crippen LogP contribution in [0.4, 0.5) is 4.79 Å². The number of hydrogen-bond donors (Lipinski definition) is 1. The van der Waals surface area contributed by atoms with E-state index in [0.717, 1.165) is 25.9 Å². The van der Waals surface area contributed by atoms with Gasteiger partial charge < -0.3 is 20.3 Å². The first-order chi connectivity index (χ1) is 8.33. The van der Waals surface area contributed by atoms with Crippen molar-refractivity contribution in [3.8, 4) is 0 Å². The number of rotatable bonds is 1. The lowest BCUT2D eigenvalue weighted by molar-refractivity contribution is 0.00730. The minimum Gasteiger partial charge on any atom is -0.377 e. The molecule has 0 aromatic rings. The predicted molar refractivity (Wildman–Crippen MR) is 65.8 cm³/mol. The molecule has 0 saturated carbocycles. The highest BCUT2D eigenvalue weighted by Crippen LogP contribution is 2.14. The number of nitrogens with two attached hydrogens (primary N) is 1.